The van der Waals surface area contributed by atoms with Crippen molar-refractivity contribution >= 4 is 12.1 Å². The van der Waals surface area contributed by atoms with Gasteiger partial charge in [-0.05, 0) is 49.4 Å². The van der Waals surface area contributed by atoms with Gasteiger partial charge in [0.25, 0.3) is 0 Å². The van der Waals surface area contributed by atoms with Crippen LogP contribution < -0.4 is 9.47 Å². The molecule has 0 aromatic heterocycles. The second-order valence-corrected chi connectivity index (χ2v) is 4.56. The van der Waals surface area contributed by atoms with E-state index in [4.69, 9.17) is 9.47 Å². The van der Waals surface area contributed by atoms with Crippen LogP contribution in [0, 0.1) is 0 Å². The molecule has 0 saturated heterocycles. The summed E-state index contributed by atoms with van der Waals surface area (Å²) in [5.41, 5.74) is 2.00. The second-order valence-electron chi connectivity index (χ2n) is 4.56. The molecule has 0 aliphatic carbocycles. The zero-order valence-electron chi connectivity index (χ0n) is 12.0. The molecule has 0 spiro atoms. The molecule has 108 valence electrons. The fourth-order valence-electron chi connectivity index (χ4n) is 1.93. The number of benzene rings is 2. The first-order chi connectivity index (χ1) is 10.1. The van der Waals surface area contributed by atoms with Crippen molar-refractivity contribution in [3.8, 4) is 11.5 Å². The first kappa shape index (κ1) is 14.8. The maximum absolute atomic E-state index is 11.2. The van der Waals surface area contributed by atoms with E-state index in [1.54, 1.807) is 49.6 Å². The fraction of sp³-hybridized carbons (Fsp3) is 0.176. The Labute approximate surface area is 123 Å². The van der Waals surface area contributed by atoms with Crippen LogP contribution in [0.2, 0.25) is 0 Å². The van der Waals surface area contributed by atoms with Crippen LogP contribution in [0.3, 0.4) is 0 Å². The average Bonchev–Trinajstić information content (AvgIpc) is 2.52. The Bertz CT molecular complexity index is 644. The van der Waals surface area contributed by atoms with Crippen molar-refractivity contribution in [3.05, 3.63) is 59.2 Å². The molecule has 0 fully saturated rings. The summed E-state index contributed by atoms with van der Waals surface area (Å²) >= 11 is 0. The molecule has 4 nitrogen and oxygen atoms in total. The first-order valence-corrected chi connectivity index (χ1v) is 6.50. The van der Waals surface area contributed by atoms with E-state index in [2.05, 4.69) is 0 Å². The zero-order valence-corrected chi connectivity index (χ0v) is 12.0. The van der Waals surface area contributed by atoms with Crippen LogP contribution in [0.5, 0.6) is 11.5 Å². The number of ether oxygens (including phenoxy) is 2. The third-order valence-electron chi connectivity index (χ3n) is 3.10. The number of hydrogen-bond donors (Lipinski definition) is 0. The molecule has 0 aliphatic heterocycles. The molecule has 2 aromatic carbocycles. The Kier molecular flexibility index (Phi) is 4.72. The van der Waals surface area contributed by atoms with Gasteiger partial charge in [0.05, 0.1) is 7.11 Å². The Morgan fingerprint density at radius 1 is 1.14 bits per heavy atom. The lowest BCUT2D eigenvalue weighted by molar-refractivity contribution is 0.101. The second kappa shape index (κ2) is 6.70. The molecule has 0 unspecified atom stereocenters. The van der Waals surface area contributed by atoms with E-state index in [1.807, 2.05) is 0 Å². The lowest BCUT2D eigenvalue weighted by atomic mass is 10.1. The van der Waals surface area contributed by atoms with Gasteiger partial charge < -0.3 is 9.47 Å². The molecule has 0 amide bonds. The molecule has 2 rings (SSSR count). The number of rotatable bonds is 6. The summed E-state index contributed by atoms with van der Waals surface area (Å²) in [4.78, 5) is 22.0. The quantitative estimate of drug-likeness (QED) is 0.603. The highest BCUT2D eigenvalue weighted by Crippen LogP contribution is 2.22. The Balaban J connectivity index is 2.11. The van der Waals surface area contributed by atoms with Gasteiger partial charge in [0.1, 0.15) is 24.4 Å². The minimum atomic E-state index is 0.0157. The van der Waals surface area contributed by atoms with Gasteiger partial charge in [-0.2, -0.15) is 0 Å². The van der Waals surface area contributed by atoms with Gasteiger partial charge in [-0.25, -0.2) is 0 Å². The number of ketones is 1. The van der Waals surface area contributed by atoms with E-state index in [-0.39, 0.29) is 12.4 Å². The molecule has 0 heterocycles. The SMILES string of the molecule is COc1ccc(C=O)cc1COc1ccc(C(C)=O)cc1. The van der Waals surface area contributed by atoms with E-state index in [0.717, 1.165) is 11.8 Å². The summed E-state index contributed by atoms with van der Waals surface area (Å²) in [6, 6.07) is 12.1. The topological polar surface area (TPSA) is 52.6 Å². The van der Waals surface area contributed by atoms with Crippen LogP contribution >= 0.6 is 0 Å². The van der Waals surface area contributed by atoms with Crippen LogP contribution in [0.4, 0.5) is 0 Å². The van der Waals surface area contributed by atoms with Crippen LogP contribution in [0.15, 0.2) is 42.5 Å². The first-order valence-electron chi connectivity index (χ1n) is 6.50. The van der Waals surface area contributed by atoms with Gasteiger partial charge >= 0.3 is 0 Å². The van der Waals surface area contributed by atoms with Crippen LogP contribution in [0.25, 0.3) is 0 Å². The van der Waals surface area contributed by atoms with Gasteiger partial charge in [0.15, 0.2) is 5.78 Å². The molecular formula is C17H16O4. The molecule has 0 bridgehead atoms. The van der Waals surface area contributed by atoms with Crippen molar-refractivity contribution in [1.82, 2.24) is 0 Å². The van der Waals surface area contributed by atoms with Crippen molar-refractivity contribution in [1.29, 1.82) is 0 Å². The number of hydrogen-bond acceptors (Lipinski definition) is 4. The van der Waals surface area contributed by atoms with Crippen molar-refractivity contribution in [2.75, 3.05) is 7.11 Å². The predicted molar refractivity (Wildman–Crippen MR) is 79.2 cm³/mol. The van der Waals surface area contributed by atoms with Gasteiger partial charge in [-0.1, -0.05) is 0 Å². The maximum atomic E-state index is 11.2. The summed E-state index contributed by atoms with van der Waals surface area (Å²) in [5.74, 6) is 1.33. The van der Waals surface area contributed by atoms with Crippen LogP contribution in [-0.2, 0) is 6.61 Å². The summed E-state index contributed by atoms with van der Waals surface area (Å²) < 4.78 is 10.9. The molecule has 2 aromatic rings. The molecule has 0 aliphatic rings. The predicted octanol–water partition coefficient (Wildman–Crippen LogP) is 3.29. The van der Waals surface area contributed by atoms with Gasteiger partial charge in [0, 0.05) is 16.7 Å². The third kappa shape index (κ3) is 3.69. The summed E-state index contributed by atoms with van der Waals surface area (Å²) in [6.07, 6.45) is 0.782. The number of carbonyl (C=O) groups is 2. The normalized spacial score (nSPS) is 10.0. The van der Waals surface area contributed by atoms with E-state index in [1.165, 1.54) is 6.92 Å². The van der Waals surface area contributed by atoms with Crippen molar-refractivity contribution < 1.29 is 19.1 Å². The van der Waals surface area contributed by atoms with Crippen molar-refractivity contribution in [2.45, 2.75) is 13.5 Å². The number of aldehydes is 1. The molecule has 0 atom stereocenters. The molecule has 21 heavy (non-hydrogen) atoms. The Morgan fingerprint density at radius 3 is 2.43 bits per heavy atom. The number of carbonyl (C=O) groups excluding carboxylic acids is 2. The zero-order chi connectivity index (χ0) is 15.2. The van der Waals surface area contributed by atoms with E-state index >= 15 is 0 Å². The summed E-state index contributed by atoms with van der Waals surface area (Å²) in [5, 5.41) is 0. The minimum Gasteiger partial charge on any atom is -0.496 e. The largest absolute Gasteiger partial charge is 0.496 e. The lowest BCUT2D eigenvalue weighted by Gasteiger charge is -2.11. The van der Waals surface area contributed by atoms with Crippen LogP contribution in [0.1, 0.15) is 33.2 Å². The average molecular weight is 284 g/mol. The highest BCUT2D eigenvalue weighted by Gasteiger charge is 2.06. The Morgan fingerprint density at radius 2 is 1.86 bits per heavy atom. The fourth-order valence-corrected chi connectivity index (χ4v) is 1.93. The molecule has 0 saturated carbocycles. The highest BCUT2D eigenvalue weighted by molar-refractivity contribution is 5.94. The lowest BCUT2D eigenvalue weighted by Crippen LogP contribution is -2.00. The third-order valence-corrected chi connectivity index (χ3v) is 3.10. The standard InChI is InChI=1S/C17H16O4/c1-12(19)14-4-6-16(7-5-14)21-11-15-9-13(10-18)3-8-17(15)20-2/h3-10H,11H2,1-2H3. The highest BCUT2D eigenvalue weighted by atomic mass is 16.5. The van der Waals surface area contributed by atoms with Crippen LogP contribution in [-0.4, -0.2) is 19.2 Å². The molecular weight excluding hydrogens is 268 g/mol. The number of methoxy groups -OCH3 is 1. The molecule has 0 radical (unpaired) electrons. The number of Topliss-reactive ketones (excluding diaryl/α,β-unsaturated/α-hetero) is 1. The van der Waals surface area contributed by atoms with Gasteiger partial charge in [-0.3, -0.25) is 9.59 Å². The van der Waals surface area contributed by atoms with Gasteiger partial charge in [-0.15, -0.1) is 0 Å². The Hall–Kier alpha value is -2.62. The monoisotopic (exact) mass is 284 g/mol. The van der Waals surface area contributed by atoms with Gasteiger partial charge in [0.2, 0.25) is 0 Å². The molecule has 4 heteroatoms. The van der Waals surface area contributed by atoms with Crippen molar-refractivity contribution in [2.24, 2.45) is 0 Å². The molecule has 0 N–H and O–H groups in total. The van der Waals surface area contributed by atoms with E-state index in [9.17, 15) is 9.59 Å². The van der Waals surface area contributed by atoms with Crippen molar-refractivity contribution in [3.63, 3.8) is 0 Å². The maximum Gasteiger partial charge on any atom is 0.159 e. The summed E-state index contributed by atoms with van der Waals surface area (Å²) in [7, 11) is 1.57. The smallest absolute Gasteiger partial charge is 0.159 e. The summed E-state index contributed by atoms with van der Waals surface area (Å²) in [6.45, 7) is 1.80. The van der Waals surface area contributed by atoms with E-state index in [0.29, 0.717) is 22.6 Å². The van der Waals surface area contributed by atoms with E-state index < -0.39 is 0 Å². The minimum absolute atomic E-state index is 0.0157.